The first-order valence-corrected chi connectivity index (χ1v) is 10.5. The zero-order valence-corrected chi connectivity index (χ0v) is 15.8. The van der Waals surface area contributed by atoms with Gasteiger partial charge in [-0.25, -0.2) is 13.1 Å². The number of amides is 1. The van der Waals surface area contributed by atoms with E-state index >= 15 is 0 Å². The Kier molecular flexibility index (Phi) is 5.43. The normalized spacial score (nSPS) is 18.1. The second kappa shape index (κ2) is 7.59. The quantitative estimate of drug-likeness (QED) is 0.861. The van der Waals surface area contributed by atoms with Crippen LogP contribution in [0.25, 0.3) is 11.3 Å². The third-order valence-corrected chi connectivity index (χ3v) is 5.20. The van der Waals surface area contributed by atoms with Crippen LogP contribution in [0, 0.1) is 12.8 Å². The SMILES string of the molecule is Cc1ccc(-c2cc(C(=O)N3CCC[C@@H](CNS(C)(=O)=O)C3)on2)cc1. The lowest BCUT2D eigenvalue weighted by Gasteiger charge is -2.32. The number of hydrogen-bond donors (Lipinski definition) is 1. The van der Waals surface area contributed by atoms with E-state index in [0.717, 1.165) is 30.2 Å². The molecular weight excluding hydrogens is 354 g/mol. The van der Waals surface area contributed by atoms with Gasteiger partial charge in [0.2, 0.25) is 15.8 Å². The molecule has 1 amide bonds. The molecule has 1 saturated heterocycles. The van der Waals surface area contributed by atoms with Crippen LogP contribution in [0.4, 0.5) is 0 Å². The summed E-state index contributed by atoms with van der Waals surface area (Å²) in [7, 11) is -3.23. The Labute approximate surface area is 153 Å². The molecule has 26 heavy (non-hydrogen) atoms. The van der Waals surface area contributed by atoms with Gasteiger partial charge in [-0.15, -0.1) is 0 Å². The van der Waals surface area contributed by atoms with E-state index in [1.54, 1.807) is 11.0 Å². The van der Waals surface area contributed by atoms with Crippen molar-refractivity contribution in [2.45, 2.75) is 19.8 Å². The third-order valence-electron chi connectivity index (χ3n) is 4.51. The van der Waals surface area contributed by atoms with Gasteiger partial charge in [-0.05, 0) is 25.7 Å². The number of rotatable bonds is 5. The van der Waals surface area contributed by atoms with Crippen LogP contribution in [0.15, 0.2) is 34.9 Å². The monoisotopic (exact) mass is 377 g/mol. The van der Waals surface area contributed by atoms with Crippen molar-refractivity contribution in [2.75, 3.05) is 25.9 Å². The Hall–Kier alpha value is -2.19. The topological polar surface area (TPSA) is 92.5 Å². The zero-order chi connectivity index (χ0) is 18.7. The summed E-state index contributed by atoms with van der Waals surface area (Å²) in [4.78, 5) is 14.4. The summed E-state index contributed by atoms with van der Waals surface area (Å²) in [6.07, 6.45) is 2.86. The summed E-state index contributed by atoms with van der Waals surface area (Å²) in [6.45, 7) is 3.48. The molecule has 2 heterocycles. The number of nitrogens with one attached hydrogen (secondary N) is 1. The van der Waals surface area contributed by atoms with Gasteiger partial charge >= 0.3 is 0 Å². The molecule has 1 N–H and O–H groups in total. The molecule has 0 saturated carbocycles. The molecule has 1 aliphatic heterocycles. The van der Waals surface area contributed by atoms with E-state index in [2.05, 4.69) is 9.88 Å². The zero-order valence-electron chi connectivity index (χ0n) is 14.9. The predicted octanol–water partition coefficient (Wildman–Crippen LogP) is 2.05. The largest absolute Gasteiger partial charge is 0.350 e. The molecular formula is C18H23N3O4S. The maximum atomic E-state index is 12.7. The van der Waals surface area contributed by atoms with Crippen molar-refractivity contribution < 1.29 is 17.7 Å². The molecule has 3 rings (SSSR count). The molecule has 7 nitrogen and oxygen atoms in total. The number of aromatic nitrogens is 1. The number of likely N-dealkylation sites (tertiary alicyclic amines) is 1. The summed E-state index contributed by atoms with van der Waals surface area (Å²) in [5.41, 5.74) is 2.67. The van der Waals surface area contributed by atoms with E-state index in [1.165, 1.54) is 0 Å². The molecule has 0 bridgehead atoms. The number of piperidine rings is 1. The van der Waals surface area contributed by atoms with Crippen LogP contribution in [0.5, 0.6) is 0 Å². The van der Waals surface area contributed by atoms with Gasteiger partial charge in [-0.2, -0.15) is 0 Å². The van der Waals surface area contributed by atoms with Crippen molar-refractivity contribution >= 4 is 15.9 Å². The maximum absolute atomic E-state index is 12.7. The fraction of sp³-hybridized carbons (Fsp3) is 0.444. The average molecular weight is 377 g/mol. The first-order chi connectivity index (χ1) is 12.3. The van der Waals surface area contributed by atoms with Gasteiger partial charge in [0.15, 0.2) is 0 Å². The molecule has 2 aromatic rings. The molecule has 1 aromatic heterocycles. The minimum Gasteiger partial charge on any atom is -0.350 e. The number of nitrogens with zero attached hydrogens (tertiary/aromatic N) is 2. The van der Waals surface area contributed by atoms with E-state index < -0.39 is 10.0 Å². The van der Waals surface area contributed by atoms with Crippen molar-refractivity contribution in [2.24, 2.45) is 5.92 Å². The Morgan fingerprint density at radius 2 is 2.08 bits per heavy atom. The lowest BCUT2D eigenvalue weighted by molar-refractivity contribution is 0.0634. The lowest BCUT2D eigenvalue weighted by atomic mass is 9.98. The highest BCUT2D eigenvalue weighted by atomic mass is 32.2. The van der Waals surface area contributed by atoms with E-state index in [9.17, 15) is 13.2 Å². The van der Waals surface area contributed by atoms with Crippen molar-refractivity contribution in [3.8, 4) is 11.3 Å². The van der Waals surface area contributed by atoms with Crippen LogP contribution in [0.3, 0.4) is 0 Å². The molecule has 1 aromatic carbocycles. The highest BCUT2D eigenvalue weighted by molar-refractivity contribution is 7.88. The van der Waals surface area contributed by atoms with Crippen LogP contribution >= 0.6 is 0 Å². The van der Waals surface area contributed by atoms with Gasteiger partial charge < -0.3 is 9.42 Å². The molecule has 0 unspecified atom stereocenters. The van der Waals surface area contributed by atoms with Gasteiger partial charge in [-0.3, -0.25) is 4.79 Å². The van der Waals surface area contributed by atoms with Gasteiger partial charge in [-0.1, -0.05) is 35.0 Å². The molecule has 1 atom stereocenters. The molecule has 140 valence electrons. The van der Waals surface area contributed by atoms with E-state index in [-0.39, 0.29) is 17.6 Å². The van der Waals surface area contributed by atoms with E-state index in [0.29, 0.717) is 25.3 Å². The van der Waals surface area contributed by atoms with Gasteiger partial charge in [0.1, 0.15) is 5.69 Å². The number of sulfonamides is 1. The fourth-order valence-corrected chi connectivity index (χ4v) is 3.62. The van der Waals surface area contributed by atoms with Crippen LogP contribution in [-0.4, -0.2) is 50.3 Å². The summed E-state index contributed by atoms with van der Waals surface area (Å²) >= 11 is 0. The Balaban J connectivity index is 1.66. The highest BCUT2D eigenvalue weighted by Crippen LogP contribution is 2.22. The lowest BCUT2D eigenvalue weighted by Crippen LogP contribution is -2.43. The number of carbonyl (C=O) groups excluding carboxylic acids is 1. The molecule has 0 spiro atoms. The molecule has 1 aliphatic rings. The minimum absolute atomic E-state index is 0.0990. The number of carbonyl (C=O) groups is 1. The summed E-state index contributed by atoms with van der Waals surface area (Å²) in [5.74, 6) is 0.0964. The Morgan fingerprint density at radius 3 is 2.77 bits per heavy atom. The van der Waals surface area contributed by atoms with Gasteiger partial charge in [0.05, 0.1) is 6.26 Å². The number of aryl methyl sites for hydroxylation is 1. The van der Waals surface area contributed by atoms with E-state index in [1.807, 2.05) is 31.2 Å². The van der Waals surface area contributed by atoms with Gasteiger partial charge in [0, 0.05) is 31.3 Å². The van der Waals surface area contributed by atoms with Crippen LogP contribution in [0.1, 0.15) is 29.0 Å². The summed E-state index contributed by atoms with van der Waals surface area (Å²) in [5, 5.41) is 4.01. The van der Waals surface area contributed by atoms with Crippen molar-refractivity contribution in [3.63, 3.8) is 0 Å². The number of benzene rings is 1. The minimum atomic E-state index is -3.23. The second-order valence-electron chi connectivity index (χ2n) is 6.82. The second-order valence-corrected chi connectivity index (χ2v) is 8.66. The Morgan fingerprint density at radius 1 is 1.35 bits per heavy atom. The standard InChI is InChI=1S/C18H23N3O4S/c1-13-5-7-15(8-6-13)16-10-17(25-20-16)18(22)21-9-3-4-14(12-21)11-19-26(2,23)24/h5-8,10,14,19H,3-4,9,11-12H2,1-2H3/t14-/m0/s1. The van der Waals surface area contributed by atoms with Crippen molar-refractivity contribution in [1.29, 1.82) is 0 Å². The Bertz CT molecular complexity index is 874. The summed E-state index contributed by atoms with van der Waals surface area (Å²) in [6, 6.07) is 9.50. The molecule has 1 fully saturated rings. The predicted molar refractivity (Wildman–Crippen MR) is 98.2 cm³/mol. The van der Waals surface area contributed by atoms with Crippen LogP contribution in [-0.2, 0) is 10.0 Å². The average Bonchev–Trinajstić information content (AvgIpc) is 3.10. The smallest absolute Gasteiger partial charge is 0.292 e. The van der Waals surface area contributed by atoms with Crippen molar-refractivity contribution in [3.05, 3.63) is 41.7 Å². The number of hydrogen-bond acceptors (Lipinski definition) is 5. The molecule has 8 heteroatoms. The summed E-state index contributed by atoms with van der Waals surface area (Å²) < 4.78 is 30.3. The molecule has 0 aliphatic carbocycles. The molecule has 0 radical (unpaired) electrons. The van der Waals surface area contributed by atoms with Crippen LogP contribution in [0.2, 0.25) is 0 Å². The highest BCUT2D eigenvalue weighted by Gasteiger charge is 2.27. The van der Waals surface area contributed by atoms with Crippen LogP contribution < -0.4 is 4.72 Å². The van der Waals surface area contributed by atoms with Crippen molar-refractivity contribution in [1.82, 2.24) is 14.8 Å². The van der Waals surface area contributed by atoms with Gasteiger partial charge in [0.25, 0.3) is 5.91 Å². The maximum Gasteiger partial charge on any atom is 0.292 e. The van der Waals surface area contributed by atoms with E-state index in [4.69, 9.17) is 4.52 Å². The first-order valence-electron chi connectivity index (χ1n) is 8.59. The first kappa shape index (κ1) is 18.6. The third kappa shape index (κ3) is 4.70. The fourth-order valence-electron chi connectivity index (χ4n) is 3.08.